The van der Waals surface area contributed by atoms with E-state index >= 15 is 0 Å². The molecule has 23 heavy (non-hydrogen) atoms. The highest BCUT2D eigenvalue weighted by Gasteiger charge is 2.22. The molecular formula is C20H20O3. The van der Waals surface area contributed by atoms with E-state index in [4.69, 9.17) is 9.47 Å². The summed E-state index contributed by atoms with van der Waals surface area (Å²) in [6, 6.07) is 19.9. The fourth-order valence-corrected chi connectivity index (χ4v) is 2.60. The van der Waals surface area contributed by atoms with E-state index < -0.39 is 0 Å². The van der Waals surface area contributed by atoms with Gasteiger partial charge in [0.15, 0.2) is 5.78 Å². The number of carbonyl (C=O) groups excluding carboxylic acids is 1. The van der Waals surface area contributed by atoms with E-state index in [1.807, 2.05) is 60.7 Å². The van der Waals surface area contributed by atoms with Gasteiger partial charge in [-0.1, -0.05) is 60.7 Å². The van der Waals surface area contributed by atoms with Gasteiger partial charge in [0.2, 0.25) is 0 Å². The van der Waals surface area contributed by atoms with Crippen molar-refractivity contribution in [3.05, 3.63) is 83.6 Å². The van der Waals surface area contributed by atoms with E-state index in [0.29, 0.717) is 31.8 Å². The summed E-state index contributed by atoms with van der Waals surface area (Å²) in [5.41, 5.74) is 2.18. The molecular weight excluding hydrogens is 288 g/mol. The van der Waals surface area contributed by atoms with Crippen molar-refractivity contribution in [1.29, 1.82) is 0 Å². The highest BCUT2D eigenvalue weighted by atomic mass is 16.5. The van der Waals surface area contributed by atoms with Gasteiger partial charge in [-0.2, -0.15) is 0 Å². The molecule has 2 aromatic rings. The largest absolute Gasteiger partial charge is 0.489 e. The van der Waals surface area contributed by atoms with Crippen LogP contribution in [0.15, 0.2) is 72.5 Å². The van der Waals surface area contributed by atoms with Crippen LogP contribution in [0.1, 0.15) is 30.1 Å². The molecule has 3 heteroatoms. The first-order valence-corrected chi connectivity index (χ1v) is 7.88. The molecule has 0 N–H and O–H groups in total. The fraction of sp³-hybridized carbons (Fsp3) is 0.250. The summed E-state index contributed by atoms with van der Waals surface area (Å²) in [4.78, 5) is 11.9. The van der Waals surface area contributed by atoms with Crippen LogP contribution >= 0.6 is 0 Å². The molecule has 0 radical (unpaired) electrons. The van der Waals surface area contributed by atoms with Crippen molar-refractivity contribution >= 4 is 5.78 Å². The van der Waals surface area contributed by atoms with Crippen LogP contribution in [0, 0.1) is 0 Å². The normalized spacial score (nSPS) is 17.5. The number of ketones is 1. The average molecular weight is 308 g/mol. The molecule has 0 amide bonds. The Balaban J connectivity index is 1.50. The Labute approximate surface area is 136 Å². The summed E-state index contributed by atoms with van der Waals surface area (Å²) >= 11 is 0. The van der Waals surface area contributed by atoms with Gasteiger partial charge in [-0.15, -0.1) is 0 Å². The predicted octanol–water partition coefficient (Wildman–Crippen LogP) is 4.21. The van der Waals surface area contributed by atoms with Gasteiger partial charge in [0.05, 0.1) is 19.6 Å². The highest BCUT2D eigenvalue weighted by Crippen LogP contribution is 2.29. The molecule has 0 unspecified atom stereocenters. The van der Waals surface area contributed by atoms with Gasteiger partial charge in [0.1, 0.15) is 11.9 Å². The Morgan fingerprint density at radius 1 is 1.00 bits per heavy atom. The SMILES string of the molecule is O=C1C=C(CCOCc2ccccc2)O[C@H](c2ccccc2)C1. The third-order valence-corrected chi connectivity index (χ3v) is 3.78. The smallest absolute Gasteiger partial charge is 0.163 e. The molecule has 3 rings (SSSR count). The maximum Gasteiger partial charge on any atom is 0.163 e. The van der Waals surface area contributed by atoms with Crippen LogP contribution in [-0.4, -0.2) is 12.4 Å². The molecule has 0 bridgehead atoms. The van der Waals surface area contributed by atoms with Crippen LogP contribution in [0.3, 0.4) is 0 Å². The number of hydrogen-bond donors (Lipinski definition) is 0. The minimum absolute atomic E-state index is 0.114. The zero-order chi connectivity index (χ0) is 15.9. The Bertz CT molecular complexity index is 662. The van der Waals surface area contributed by atoms with Gasteiger partial charge < -0.3 is 9.47 Å². The third-order valence-electron chi connectivity index (χ3n) is 3.78. The van der Waals surface area contributed by atoms with E-state index in [2.05, 4.69) is 0 Å². The standard InChI is InChI=1S/C20H20O3/c21-18-13-19(11-12-22-15-16-7-3-1-4-8-16)23-20(14-18)17-9-5-2-6-10-17/h1-10,13,20H,11-12,14-15H2/t20-/m0/s1. The zero-order valence-electron chi connectivity index (χ0n) is 13.0. The van der Waals surface area contributed by atoms with Crippen molar-refractivity contribution in [2.45, 2.75) is 25.6 Å². The lowest BCUT2D eigenvalue weighted by Gasteiger charge is -2.24. The second-order valence-electron chi connectivity index (χ2n) is 5.59. The Kier molecular flexibility index (Phi) is 5.22. The molecule has 0 fully saturated rings. The minimum Gasteiger partial charge on any atom is -0.489 e. The van der Waals surface area contributed by atoms with Gasteiger partial charge in [0.25, 0.3) is 0 Å². The van der Waals surface area contributed by atoms with Crippen molar-refractivity contribution in [3.8, 4) is 0 Å². The second kappa shape index (κ2) is 7.75. The minimum atomic E-state index is -0.183. The molecule has 0 saturated carbocycles. The van der Waals surface area contributed by atoms with Crippen LogP contribution in [-0.2, 0) is 20.9 Å². The van der Waals surface area contributed by atoms with Crippen molar-refractivity contribution in [2.75, 3.05) is 6.61 Å². The zero-order valence-corrected chi connectivity index (χ0v) is 13.0. The maximum atomic E-state index is 11.9. The third kappa shape index (κ3) is 4.54. The first-order chi connectivity index (χ1) is 11.3. The number of ether oxygens (including phenoxy) is 2. The van der Waals surface area contributed by atoms with E-state index in [0.717, 1.165) is 11.1 Å². The number of benzene rings is 2. The first-order valence-electron chi connectivity index (χ1n) is 7.88. The Hall–Kier alpha value is -2.39. The Morgan fingerprint density at radius 2 is 1.70 bits per heavy atom. The van der Waals surface area contributed by atoms with Crippen molar-refractivity contribution in [2.24, 2.45) is 0 Å². The highest BCUT2D eigenvalue weighted by molar-refractivity contribution is 5.91. The number of hydrogen-bond acceptors (Lipinski definition) is 3. The van der Waals surface area contributed by atoms with E-state index in [9.17, 15) is 4.79 Å². The first kappa shape index (κ1) is 15.5. The molecule has 0 aromatic heterocycles. The summed E-state index contributed by atoms with van der Waals surface area (Å²) in [6.07, 6.45) is 2.43. The topological polar surface area (TPSA) is 35.5 Å². The van der Waals surface area contributed by atoms with E-state index in [1.165, 1.54) is 0 Å². The lowest BCUT2D eigenvalue weighted by Crippen LogP contribution is -2.16. The summed E-state index contributed by atoms with van der Waals surface area (Å²) in [7, 11) is 0. The summed E-state index contributed by atoms with van der Waals surface area (Å²) in [6.45, 7) is 1.11. The number of allylic oxidation sites excluding steroid dienone is 1. The summed E-state index contributed by atoms with van der Waals surface area (Å²) in [5, 5.41) is 0. The van der Waals surface area contributed by atoms with Gasteiger partial charge in [-0.3, -0.25) is 4.79 Å². The van der Waals surface area contributed by atoms with Crippen molar-refractivity contribution in [3.63, 3.8) is 0 Å². The summed E-state index contributed by atoms with van der Waals surface area (Å²) in [5.74, 6) is 0.825. The van der Waals surface area contributed by atoms with E-state index in [-0.39, 0.29) is 11.9 Å². The van der Waals surface area contributed by atoms with Crippen LogP contribution in [0.2, 0.25) is 0 Å². The fourth-order valence-electron chi connectivity index (χ4n) is 2.60. The summed E-state index contributed by atoms with van der Waals surface area (Å²) < 4.78 is 11.6. The van der Waals surface area contributed by atoms with Crippen LogP contribution in [0.4, 0.5) is 0 Å². The molecule has 0 spiro atoms. The molecule has 1 atom stereocenters. The molecule has 2 aromatic carbocycles. The molecule has 1 aliphatic heterocycles. The van der Waals surface area contributed by atoms with Crippen LogP contribution < -0.4 is 0 Å². The van der Waals surface area contributed by atoms with Gasteiger partial charge in [0, 0.05) is 12.5 Å². The maximum absolute atomic E-state index is 11.9. The Morgan fingerprint density at radius 3 is 2.43 bits per heavy atom. The molecule has 0 aliphatic carbocycles. The second-order valence-corrected chi connectivity index (χ2v) is 5.59. The molecule has 1 heterocycles. The lowest BCUT2D eigenvalue weighted by atomic mass is 10.0. The number of carbonyl (C=O) groups is 1. The van der Waals surface area contributed by atoms with Gasteiger partial charge >= 0.3 is 0 Å². The van der Waals surface area contributed by atoms with Crippen molar-refractivity contribution < 1.29 is 14.3 Å². The predicted molar refractivity (Wildman–Crippen MR) is 88.7 cm³/mol. The average Bonchev–Trinajstić information content (AvgIpc) is 2.60. The molecule has 3 nitrogen and oxygen atoms in total. The number of rotatable bonds is 6. The lowest BCUT2D eigenvalue weighted by molar-refractivity contribution is -0.118. The van der Waals surface area contributed by atoms with Crippen molar-refractivity contribution in [1.82, 2.24) is 0 Å². The van der Waals surface area contributed by atoms with Gasteiger partial charge in [-0.25, -0.2) is 0 Å². The molecule has 118 valence electrons. The van der Waals surface area contributed by atoms with Crippen LogP contribution in [0.5, 0.6) is 0 Å². The van der Waals surface area contributed by atoms with Crippen LogP contribution in [0.25, 0.3) is 0 Å². The monoisotopic (exact) mass is 308 g/mol. The van der Waals surface area contributed by atoms with E-state index in [1.54, 1.807) is 6.08 Å². The molecule has 0 saturated heterocycles. The van der Waals surface area contributed by atoms with Gasteiger partial charge in [-0.05, 0) is 11.1 Å². The quantitative estimate of drug-likeness (QED) is 0.750. The molecule has 1 aliphatic rings.